The fourth-order valence-corrected chi connectivity index (χ4v) is 1.92. The third-order valence-corrected chi connectivity index (χ3v) is 2.89. The van der Waals surface area contributed by atoms with Gasteiger partial charge in [-0.05, 0) is 39.9 Å². The van der Waals surface area contributed by atoms with Gasteiger partial charge in [-0.3, -0.25) is 4.79 Å². The molecular formula is C11H22N2O2. The van der Waals surface area contributed by atoms with Crippen LogP contribution in [-0.4, -0.2) is 50.7 Å². The Morgan fingerprint density at radius 2 is 2.13 bits per heavy atom. The van der Waals surface area contributed by atoms with Gasteiger partial charge in [-0.15, -0.1) is 0 Å². The first-order chi connectivity index (χ1) is 7.13. The molecule has 0 aromatic carbocycles. The molecule has 0 unspecified atom stereocenters. The Kier molecular flexibility index (Phi) is 5.05. The summed E-state index contributed by atoms with van der Waals surface area (Å²) in [6.45, 7) is 4.60. The molecule has 1 rings (SSSR count). The van der Waals surface area contributed by atoms with Crippen molar-refractivity contribution in [1.82, 2.24) is 10.2 Å². The van der Waals surface area contributed by atoms with Crippen LogP contribution in [0.3, 0.4) is 0 Å². The van der Waals surface area contributed by atoms with E-state index in [1.54, 1.807) is 7.11 Å². The Bertz CT molecular complexity index is 201. The molecule has 0 spiro atoms. The summed E-state index contributed by atoms with van der Waals surface area (Å²) >= 11 is 0. The molecule has 0 saturated carbocycles. The topological polar surface area (TPSA) is 41.6 Å². The van der Waals surface area contributed by atoms with E-state index in [4.69, 9.17) is 4.74 Å². The summed E-state index contributed by atoms with van der Waals surface area (Å²) in [6.07, 6.45) is 1.95. The summed E-state index contributed by atoms with van der Waals surface area (Å²) in [5.74, 6) is 0.383. The van der Waals surface area contributed by atoms with Crippen LogP contribution >= 0.6 is 0 Å². The van der Waals surface area contributed by atoms with E-state index in [2.05, 4.69) is 17.3 Å². The Balaban J connectivity index is 2.27. The third-order valence-electron chi connectivity index (χ3n) is 2.89. The van der Waals surface area contributed by atoms with Crippen molar-refractivity contribution in [3.63, 3.8) is 0 Å². The minimum Gasteiger partial charge on any atom is -0.383 e. The zero-order valence-electron chi connectivity index (χ0n) is 9.95. The Labute approximate surface area is 92.0 Å². The van der Waals surface area contributed by atoms with E-state index in [1.165, 1.54) is 0 Å². The van der Waals surface area contributed by atoms with Gasteiger partial charge in [-0.1, -0.05) is 0 Å². The lowest BCUT2D eigenvalue weighted by molar-refractivity contribution is -0.127. The molecule has 1 aliphatic heterocycles. The minimum atomic E-state index is 0.113. The van der Waals surface area contributed by atoms with Gasteiger partial charge in [0.25, 0.3) is 0 Å². The Hall–Kier alpha value is -0.610. The maximum absolute atomic E-state index is 11.8. The van der Waals surface area contributed by atoms with Gasteiger partial charge in [0, 0.05) is 19.1 Å². The van der Waals surface area contributed by atoms with Crippen molar-refractivity contribution in [2.75, 3.05) is 33.9 Å². The number of nitrogens with one attached hydrogen (secondary N) is 1. The van der Waals surface area contributed by atoms with Gasteiger partial charge in [0.2, 0.25) is 5.91 Å². The maximum Gasteiger partial charge on any atom is 0.223 e. The van der Waals surface area contributed by atoms with Gasteiger partial charge in [0.1, 0.15) is 0 Å². The number of amides is 1. The van der Waals surface area contributed by atoms with Crippen LogP contribution < -0.4 is 5.32 Å². The number of piperidine rings is 1. The summed E-state index contributed by atoms with van der Waals surface area (Å²) in [7, 11) is 3.75. The monoisotopic (exact) mass is 214 g/mol. The van der Waals surface area contributed by atoms with Crippen LogP contribution in [0, 0.1) is 5.92 Å². The van der Waals surface area contributed by atoms with Crippen molar-refractivity contribution in [3.8, 4) is 0 Å². The van der Waals surface area contributed by atoms with Crippen LogP contribution in [0.1, 0.15) is 19.8 Å². The second-order valence-corrected chi connectivity index (χ2v) is 4.44. The number of likely N-dealkylation sites (tertiary alicyclic amines) is 1. The highest BCUT2D eigenvalue weighted by Crippen LogP contribution is 2.15. The van der Waals surface area contributed by atoms with Gasteiger partial charge >= 0.3 is 0 Å². The number of hydrogen-bond donors (Lipinski definition) is 1. The normalized spacial score (nSPS) is 21.3. The molecule has 0 aromatic rings. The SMILES string of the molecule is COC[C@@H](C)NC(=O)C1CCN(C)CC1. The van der Waals surface area contributed by atoms with Crippen LogP contribution in [-0.2, 0) is 9.53 Å². The van der Waals surface area contributed by atoms with Crippen LogP contribution in [0.25, 0.3) is 0 Å². The standard InChI is InChI=1S/C11H22N2O2/c1-9(8-15-3)12-11(14)10-4-6-13(2)7-5-10/h9-10H,4-8H2,1-3H3,(H,12,14)/t9-/m1/s1. The molecule has 1 fully saturated rings. The summed E-state index contributed by atoms with van der Waals surface area (Å²) in [6, 6.07) is 0.113. The number of rotatable bonds is 4. The molecule has 1 amide bonds. The lowest BCUT2D eigenvalue weighted by atomic mass is 9.96. The highest BCUT2D eigenvalue weighted by Gasteiger charge is 2.23. The molecule has 4 nitrogen and oxygen atoms in total. The number of ether oxygens (including phenoxy) is 1. The lowest BCUT2D eigenvalue weighted by Crippen LogP contribution is -2.43. The zero-order valence-corrected chi connectivity index (χ0v) is 9.95. The van der Waals surface area contributed by atoms with E-state index < -0.39 is 0 Å². The molecule has 0 bridgehead atoms. The summed E-state index contributed by atoms with van der Waals surface area (Å²) in [5.41, 5.74) is 0. The van der Waals surface area contributed by atoms with E-state index in [0.717, 1.165) is 25.9 Å². The van der Waals surface area contributed by atoms with Crippen LogP contribution in [0.5, 0.6) is 0 Å². The van der Waals surface area contributed by atoms with Gasteiger partial charge in [-0.2, -0.15) is 0 Å². The van der Waals surface area contributed by atoms with Crippen molar-refractivity contribution >= 4 is 5.91 Å². The molecule has 1 aliphatic rings. The molecular weight excluding hydrogens is 192 g/mol. The minimum absolute atomic E-state index is 0.113. The second-order valence-electron chi connectivity index (χ2n) is 4.44. The molecule has 15 heavy (non-hydrogen) atoms. The first-order valence-electron chi connectivity index (χ1n) is 5.61. The molecule has 88 valence electrons. The van der Waals surface area contributed by atoms with E-state index >= 15 is 0 Å². The molecule has 1 saturated heterocycles. The number of nitrogens with zero attached hydrogens (tertiary/aromatic N) is 1. The molecule has 1 atom stereocenters. The highest BCUT2D eigenvalue weighted by atomic mass is 16.5. The van der Waals surface area contributed by atoms with E-state index in [0.29, 0.717) is 6.61 Å². The Morgan fingerprint density at radius 1 is 1.53 bits per heavy atom. The summed E-state index contributed by atoms with van der Waals surface area (Å²) in [4.78, 5) is 14.1. The van der Waals surface area contributed by atoms with Crippen molar-refractivity contribution in [2.24, 2.45) is 5.92 Å². The number of carbonyl (C=O) groups excluding carboxylic acids is 1. The quantitative estimate of drug-likeness (QED) is 0.740. The van der Waals surface area contributed by atoms with Crippen LogP contribution in [0.2, 0.25) is 0 Å². The second kappa shape index (κ2) is 6.08. The van der Waals surface area contributed by atoms with Crippen molar-refractivity contribution in [2.45, 2.75) is 25.8 Å². The predicted molar refractivity (Wildman–Crippen MR) is 59.7 cm³/mol. The Morgan fingerprint density at radius 3 is 2.67 bits per heavy atom. The third kappa shape index (κ3) is 4.18. The van der Waals surface area contributed by atoms with Gasteiger partial charge in [0.15, 0.2) is 0 Å². The molecule has 1 N–H and O–H groups in total. The van der Waals surface area contributed by atoms with Crippen molar-refractivity contribution in [3.05, 3.63) is 0 Å². The maximum atomic E-state index is 11.8. The average molecular weight is 214 g/mol. The fraction of sp³-hybridized carbons (Fsp3) is 0.909. The molecule has 4 heteroatoms. The number of methoxy groups -OCH3 is 1. The first-order valence-corrected chi connectivity index (χ1v) is 5.61. The molecule has 1 heterocycles. The summed E-state index contributed by atoms with van der Waals surface area (Å²) in [5, 5.41) is 2.98. The lowest BCUT2D eigenvalue weighted by Gasteiger charge is -2.28. The largest absolute Gasteiger partial charge is 0.383 e. The molecule has 0 aliphatic carbocycles. The smallest absolute Gasteiger partial charge is 0.223 e. The van der Waals surface area contributed by atoms with E-state index in [1.807, 2.05) is 6.92 Å². The molecule has 0 radical (unpaired) electrons. The van der Waals surface area contributed by atoms with Crippen molar-refractivity contribution in [1.29, 1.82) is 0 Å². The van der Waals surface area contributed by atoms with Gasteiger partial charge in [0.05, 0.1) is 6.61 Å². The van der Waals surface area contributed by atoms with E-state index in [9.17, 15) is 4.79 Å². The van der Waals surface area contributed by atoms with E-state index in [-0.39, 0.29) is 17.9 Å². The average Bonchev–Trinajstić information content (AvgIpc) is 2.18. The van der Waals surface area contributed by atoms with Crippen molar-refractivity contribution < 1.29 is 9.53 Å². The van der Waals surface area contributed by atoms with Gasteiger partial charge < -0.3 is 15.0 Å². The number of hydrogen-bond acceptors (Lipinski definition) is 3. The molecule has 0 aromatic heterocycles. The number of carbonyl (C=O) groups is 1. The van der Waals surface area contributed by atoms with Crippen LogP contribution in [0.4, 0.5) is 0 Å². The van der Waals surface area contributed by atoms with Gasteiger partial charge in [-0.25, -0.2) is 0 Å². The highest BCUT2D eigenvalue weighted by molar-refractivity contribution is 5.79. The zero-order chi connectivity index (χ0) is 11.3. The summed E-state index contributed by atoms with van der Waals surface area (Å²) < 4.78 is 4.99. The van der Waals surface area contributed by atoms with Crippen LogP contribution in [0.15, 0.2) is 0 Å². The predicted octanol–water partition coefficient (Wildman–Crippen LogP) is 0.479. The fourth-order valence-electron chi connectivity index (χ4n) is 1.92. The first kappa shape index (κ1) is 12.5.